The molecule has 11 heavy (non-hydrogen) atoms. The molecule has 0 N–H and O–H groups in total. The Kier molecular flexibility index (Phi) is 1.72. The molecule has 2 aliphatic rings. The molecule has 2 rings (SSSR count). The number of carbonyl (C=O) groups is 1. The summed E-state index contributed by atoms with van der Waals surface area (Å²) in [5.41, 5.74) is 0. The van der Waals surface area contributed by atoms with Crippen LogP contribution in [-0.4, -0.2) is 18.0 Å². The minimum atomic E-state index is 0.249. The van der Waals surface area contributed by atoms with Gasteiger partial charge in [-0.05, 0) is 26.2 Å². The average molecular weight is 154 g/mol. The molecule has 2 nitrogen and oxygen atoms in total. The van der Waals surface area contributed by atoms with E-state index in [1.807, 2.05) is 0 Å². The number of ketones is 1. The Hall–Kier alpha value is -0.370. The molecule has 2 heteroatoms. The topological polar surface area (TPSA) is 26.3 Å². The number of fused-ring (bicyclic) bond motifs is 1. The molecule has 1 aliphatic carbocycles. The number of hydrogen-bond acceptors (Lipinski definition) is 2. The maximum Gasteiger partial charge on any atom is 0.138 e. The number of Topliss-reactive ketones (excluding diaryl/α,β-unsaturated/α-hetero) is 1. The molecule has 0 amide bonds. The molecule has 1 saturated carbocycles. The molecule has 1 saturated heterocycles. The van der Waals surface area contributed by atoms with Crippen LogP contribution in [0.2, 0.25) is 0 Å². The van der Waals surface area contributed by atoms with Crippen molar-refractivity contribution in [1.82, 2.24) is 0 Å². The quantitative estimate of drug-likeness (QED) is 0.529. The minimum absolute atomic E-state index is 0.249. The monoisotopic (exact) mass is 154 g/mol. The van der Waals surface area contributed by atoms with E-state index in [0.29, 0.717) is 11.9 Å². The fraction of sp³-hybridized carbons (Fsp3) is 0.889. The molecule has 0 spiro atoms. The van der Waals surface area contributed by atoms with Crippen LogP contribution in [0.25, 0.3) is 0 Å². The van der Waals surface area contributed by atoms with E-state index in [1.165, 1.54) is 0 Å². The van der Waals surface area contributed by atoms with Gasteiger partial charge in [0, 0.05) is 12.3 Å². The van der Waals surface area contributed by atoms with E-state index in [0.717, 1.165) is 25.7 Å². The van der Waals surface area contributed by atoms with Gasteiger partial charge in [0.05, 0.1) is 12.2 Å². The van der Waals surface area contributed by atoms with Crippen molar-refractivity contribution in [2.24, 2.45) is 5.92 Å². The first kappa shape index (κ1) is 7.29. The van der Waals surface area contributed by atoms with Crippen LogP contribution >= 0.6 is 0 Å². The van der Waals surface area contributed by atoms with Crippen molar-refractivity contribution < 1.29 is 9.53 Å². The summed E-state index contributed by atoms with van der Waals surface area (Å²) in [5.74, 6) is 0.685. The van der Waals surface area contributed by atoms with Gasteiger partial charge in [0.15, 0.2) is 0 Å². The fourth-order valence-corrected chi connectivity index (χ4v) is 2.23. The summed E-state index contributed by atoms with van der Waals surface area (Å²) < 4.78 is 5.61. The predicted octanol–water partition coefficient (Wildman–Crippen LogP) is 1.53. The van der Waals surface area contributed by atoms with Crippen LogP contribution in [0.3, 0.4) is 0 Å². The lowest BCUT2D eigenvalue weighted by atomic mass is 9.84. The molecule has 0 radical (unpaired) electrons. The number of ether oxygens (including phenoxy) is 1. The van der Waals surface area contributed by atoms with Crippen molar-refractivity contribution in [3.8, 4) is 0 Å². The van der Waals surface area contributed by atoms with Crippen molar-refractivity contribution in [3.05, 3.63) is 0 Å². The highest BCUT2D eigenvalue weighted by molar-refractivity contribution is 5.82. The number of carbonyl (C=O) groups excluding carboxylic acids is 1. The fourth-order valence-electron chi connectivity index (χ4n) is 2.23. The van der Waals surface area contributed by atoms with Gasteiger partial charge < -0.3 is 4.74 Å². The van der Waals surface area contributed by atoms with E-state index >= 15 is 0 Å². The number of rotatable bonds is 0. The molecule has 0 unspecified atom stereocenters. The van der Waals surface area contributed by atoms with E-state index in [2.05, 4.69) is 6.92 Å². The Morgan fingerprint density at radius 3 is 3.09 bits per heavy atom. The summed E-state index contributed by atoms with van der Waals surface area (Å²) in [5, 5.41) is 0. The average Bonchev–Trinajstić information content (AvgIpc) is 2.31. The molecule has 0 bridgehead atoms. The van der Waals surface area contributed by atoms with Gasteiger partial charge in [0.2, 0.25) is 0 Å². The summed E-state index contributed by atoms with van der Waals surface area (Å²) in [6.45, 7) is 2.06. The molecule has 2 fully saturated rings. The minimum Gasteiger partial charge on any atom is -0.375 e. The lowest BCUT2D eigenvalue weighted by molar-refractivity contribution is -0.127. The van der Waals surface area contributed by atoms with Gasteiger partial charge in [0.25, 0.3) is 0 Å². The zero-order valence-electron chi connectivity index (χ0n) is 6.88. The van der Waals surface area contributed by atoms with Crippen molar-refractivity contribution in [2.45, 2.75) is 44.8 Å². The summed E-state index contributed by atoms with van der Waals surface area (Å²) in [7, 11) is 0. The van der Waals surface area contributed by atoms with Gasteiger partial charge in [-0.25, -0.2) is 0 Å². The summed E-state index contributed by atoms with van der Waals surface area (Å²) >= 11 is 0. The third kappa shape index (κ3) is 1.20. The van der Waals surface area contributed by atoms with Crippen molar-refractivity contribution in [1.29, 1.82) is 0 Å². The maximum atomic E-state index is 11.3. The summed E-state index contributed by atoms with van der Waals surface area (Å²) in [6, 6.07) is 0. The van der Waals surface area contributed by atoms with E-state index < -0.39 is 0 Å². The Labute approximate surface area is 66.9 Å². The Bertz CT molecular complexity index is 176. The predicted molar refractivity (Wildman–Crippen MR) is 41.3 cm³/mol. The zero-order chi connectivity index (χ0) is 7.84. The summed E-state index contributed by atoms with van der Waals surface area (Å²) in [4.78, 5) is 11.3. The first-order valence-corrected chi connectivity index (χ1v) is 4.45. The van der Waals surface area contributed by atoms with Gasteiger partial charge in [-0.15, -0.1) is 0 Å². The first-order chi connectivity index (χ1) is 5.27. The molecule has 1 heterocycles. The van der Waals surface area contributed by atoms with E-state index in [9.17, 15) is 4.79 Å². The highest BCUT2D eigenvalue weighted by Crippen LogP contribution is 2.34. The SMILES string of the molecule is C[C@@H]1C[C@@H]2C(=O)CCC[C@@H]2O1. The standard InChI is InChI=1S/C9H14O2/c1-6-5-7-8(10)3-2-4-9(7)11-6/h6-7,9H,2-5H2,1H3/t6-,7-,9+/m1/s1. The van der Waals surface area contributed by atoms with Gasteiger partial charge in [-0.1, -0.05) is 0 Å². The Morgan fingerprint density at radius 2 is 2.36 bits per heavy atom. The van der Waals surface area contributed by atoms with E-state index in [4.69, 9.17) is 4.74 Å². The van der Waals surface area contributed by atoms with Crippen LogP contribution in [0, 0.1) is 5.92 Å². The Morgan fingerprint density at radius 1 is 1.55 bits per heavy atom. The lowest BCUT2D eigenvalue weighted by Gasteiger charge is -2.21. The first-order valence-electron chi connectivity index (χ1n) is 4.45. The zero-order valence-corrected chi connectivity index (χ0v) is 6.88. The molecular weight excluding hydrogens is 140 g/mol. The van der Waals surface area contributed by atoms with Gasteiger partial charge in [0.1, 0.15) is 5.78 Å². The molecule has 1 aliphatic heterocycles. The van der Waals surface area contributed by atoms with Crippen molar-refractivity contribution in [3.63, 3.8) is 0 Å². The van der Waals surface area contributed by atoms with Crippen LogP contribution in [0.4, 0.5) is 0 Å². The third-order valence-electron chi connectivity index (χ3n) is 2.77. The van der Waals surface area contributed by atoms with Gasteiger partial charge in [-0.2, -0.15) is 0 Å². The molecule has 62 valence electrons. The summed E-state index contributed by atoms with van der Waals surface area (Å²) in [6.07, 6.45) is 4.46. The molecule has 0 aromatic carbocycles. The van der Waals surface area contributed by atoms with Crippen LogP contribution < -0.4 is 0 Å². The highest BCUT2D eigenvalue weighted by atomic mass is 16.5. The molecule has 3 atom stereocenters. The van der Waals surface area contributed by atoms with E-state index in [1.54, 1.807) is 0 Å². The van der Waals surface area contributed by atoms with Crippen molar-refractivity contribution in [2.75, 3.05) is 0 Å². The Balaban J connectivity index is 2.09. The molecular formula is C9H14O2. The second-order valence-electron chi connectivity index (χ2n) is 3.69. The van der Waals surface area contributed by atoms with E-state index in [-0.39, 0.29) is 12.0 Å². The molecule has 0 aromatic rings. The van der Waals surface area contributed by atoms with Crippen LogP contribution in [-0.2, 0) is 9.53 Å². The number of hydrogen-bond donors (Lipinski definition) is 0. The maximum absolute atomic E-state index is 11.3. The van der Waals surface area contributed by atoms with Crippen LogP contribution in [0.5, 0.6) is 0 Å². The second-order valence-corrected chi connectivity index (χ2v) is 3.69. The molecule has 0 aromatic heterocycles. The third-order valence-corrected chi connectivity index (χ3v) is 2.77. The van der Waals surface area contributed by atoms with Crippen LogP contribution in [0.1, 0.15) is 32.6 Å². The van der Waals surface area contributed by atoms with Gasteiger partial charge >= 0.3 is 0 Å². The normalized spacial score (nSPS) is 44.1. The van der Waals surface area contributed by atoms with Gasteiger partial charge in [-0.3, -0.25) is 4.79 Å². The lowest BCUT2D eigenvalue weighted by Crippen LogP contribution is -2.28. The second kappa shape index (κ2) is 2.59. The largest absolute Gasteiger partial charge is 0.375 e. The highest BCUT2D eigenvalue weighted by Gasteiger charge is 2.39. The van der Waals surface area contributed by atoms with Crippen LogP contribution in [0.15, 0.2) is 0 Å². The smallest absolute Gasteiger partial charge is 0.138 e. The van der Waals surface area contributed by atoms with Crippen molar-refractivity contribution >= 4 is 5.78 Å².